The van der Waals surface area contributed by atoms with E-state index in [0.717, 1.165) is 17.5 Å². The second-order valence-corrected chi connectivity index (χ2v) is 6.72. The Morgan fingerprint density at radius 3 is 2.74 bits per heavy atom. The van der Waals surface area contributed by atoms with Gasteiger partial charge in [-0.2, -0.15) is 0 Å². The molecule has 2 heterocycles. The van der Waals surface area contributed by atoms with Gasteiger partial charge in [-0.25, -0.2) is 14.0 Å². The van der Waals surface area contributed by atoms with E-state index in [1.54, 1.807) is 17.0 Å². The topological polar surface area (TPSA) is 70.7 Å². The van der Waals surface area contributed by atoms with Gasteiger partial charge in [0, 0.05) is 13.1 Å². The van der Waals surface area contributed by atoms with Crippen LogP contribution in [-0.4, -0.2) is 42.8 Å². The molecule has 1 saturated heterocycles. The molecule has 0 unspecified atom stereocenters. The first kappa shape index (κ1) is 17.3. The number of alkyl carbamates (subject to hydrolysis) is 1. The van der Waals surface area contributed by atoms with Crippen LogP contribution in [0.4, 0.5) is 14.0 Å². The first-order chi connectivity index (χ1) is 13.1. The van der Waals surface area contributed by atoms with Gasteiger partial charge in [-0.3, -0.25) is 0 Å². The summed E-state index contributed by atoms with van der Waals surface area (Å²) in [5.41, 5.74) is 3.09. The third-order valence-corrected chi connectivity index (χ3v) is 4.97. The Hall–Kier alpha value is -3.09. The monoisotopic (exact) mass is 369 g/mol. The van der Waals surface area contributed by atoms with Gasteiger partial charge in [0.2, 0.25) is 0 Å². The van der Waals surface area contributed by atoms with Gasteiger partial charge in [0.05, 0.1) is 12.1 Å². The number of halogens is 1. The van der Waals surface area contributed by atoms with Gasteiger partial charge >= 0.3 is 12.1 Å². The van der Waals surface area contributed by atoms with Gasteiger partial charge in [0.1, 0.15) is 12.4 Å². The number of carbonyl (C=O) groups excluding carboxylic acids is 2. The van der Waals surface area contributed by atoms with Crippen molar-refractivity contribution >= 4 is 12.1 Å². The van der Waals surface area contributed by atoms with Crippen LogP contribution in [0.5, 0.6) is 0 Å². The van der Waals surface area contributed by atoms with Crippen molar-refractivity contribution in [1.29, 1.82) is 0 Å². The standard InChI is InChI=1S/C20H20FN3O3/c21-15-7-5-14(6-8-15)18-17-4-2-1-3-13(17)9-10-24(18)19(25)22-11-16-12-27-20(26)23-16/h1-8,16,18H,9-12H2,(H,22,25)(H,23,26)/t16-,18+/m1/s1. The van der Waals surface area contributed by atoms with E-state index < -0.39 is 6.09 Å². The molecule has 140 valence electrons. The van der Waals surface area contributed by atoms with Crippen LogP contribution in [0.2, 0.25) is 0 Å². The number of cyclic esters (lactones) is 1. The molecular formula is C20H20FN3O3. The number of rotatable bonds is 3. The number of hydrogen-bond acceptors (Lipinski definition) is 3. The second kappa shape index (κ2) is 7.26. The van der Waals surface area contributed by atoms with Crippen molar-refractivity contribution in [2.45, 2.75) is 18.5 Å². The molecule has 2 aromatic carbocycles. The second-order valence-electron chi connectivity index (χ2n) is 6.72. The summed E-state index contributed by atoms with van der Waals surface area (Å²) in [7, 11) is 0. The van der Waals surface area contributed by atoms with Crippen molar-refractivity contribution in [2.24, 2.45) is 0 Å². The van der Waals surface area contributed by atoms with Gasteiger partial charge in [-0.05, 0) is 35.2 Å². The average molecular weight is 369 g/mol. The molecule has 2 atom stereocenters. The van der Waals surface area contributed by atoms with Crippen LogP contribution in [0, 0.1) is 5.82 Å². The van der Waals surface area contributed by atoms with E-state index >= 15 is 0 Å². The average Bonchev–Trinajstić information content (AvgIpc) is 3.11. The predicted molar refractivity (Wildman–Crippen MR) is 96.8 cm³/mol. The summed E-state index contributed by atoms with van der Waals surface area (Å²) in [6.45, 7) is 1.08. The van der Waals surface area contributed by atoms with Gasteiger partial charge in [0.25, 0.3) is 0 Å². The van der Waals surface area contributed by atoms with Crippen LogP contribution in [0.15, 0.2) is 48.5 Å². The van der Waals surface area contributed by atoms with Crippen molar-refractivity contribution < 1.29 is 18.7 Å². The fourth-order valence-electron chi connectivity index (χ4n) is 3.64. The Balaban J connectivity index is 1.57. The molecule has 27 heavy (non-hydrogen) atoms. The summed E-state index contributed by atoms with van der Waals surface area (Å²) >= 11 is 0. The highest BCUT2D eigenvalue weighted by Gasteiger charge is 2.32. The van der Waals surface area contributed by atoms with Crippen molar-refractivity contribution in [2.75, 3.05) is 19.7 Å². The Bertz CT molecular complexity index is 856. The molecule has 0 saturated carbocycles. The molecular weight excluding hydrogens is 349 g/mol. The Kier molecular flexibility index (Phi) is 4.66. The van der Waals surface area contributed by atoms with E-state index in [1.807, 2.05) is 18.2 Å². The minimum absolute atomic E-state index is 0.222. The lowest BCUT2D eigenvalue weighted by Gasteiger charge is -2.37. The van der Waals surface area contributed by atoms with Crippen LogP contribution in [-0.2, 0) is 11.2 Å². The van der Waals surface area contributed by atoms with Crippen LogP contribution in [0.3, 0.4) is 0 Å². The molecule has 2 aromatic rings. The third kappa shape index (κ3) is 3.58. The maximum absolute atomic E-state index is 13.4. The van der Waals surface area contributed by atoms with E-state index in [-0.39, 0.29) is 30.5 Å². The van der Waals surface area contributed by atoms with Gasteiger partial charge in [-0.1, -0.05) is 36.4 Å². The van der Waals surface area contributed by atoms with E-state index in [4.69, 9.17) is 4.74 Å². The van der Waals surface area contributed by atoms with Crippen LogP contribution in [0.1, 0.15) is 22.7 Å². The first-order valence-corrected chi connectivity index (χ1v) is 8.93. The highest BCUT2D eigenvalue weighted by atomic mass is 19.1. The molecule has 0 bridgehead atoms. The number of nitrogens with zero attached hydrogens (tertiary/aromatic N) is 1. The first-order valence-electron chi connectivity index (χ1n) is 8.93. The maximum Gasteiger partial charge on any atom is 0.407 e. The van der Waals surface area contributed by atoms with Crippen LogP contribution in [0.25, 0.3) is 0 Å². The van der Waals surface area contributed by atoms with Crippen molar-refractivity contribution in [3.8, 4) is 0 Å². The Labute approximate surface area is 156 Å². The summed E-state index contributed by atoms with van der Waals surface area (Å²) in [5.74, 6) is -0.309. The van der Waals surface area contributed by atoms with Crippen LogP contribution < -0.4 is 10.6 Å². The molecule has 0 spiro atoms. The number of fused-ring (bicyclic) bond motifs is 1. The quantitative estimate of drug-likeness (QED) is 0.874. The number of urea groups is 1. The van der Waals surface area contributed by atoms with Gasteiger partial charge in [-0.15, -0.1) is 0 Å². The zero-order valence-corrected chi connectivity index (χ0v) is 14.7. The lowest BCUT2D eigenvalue weighted by molar-refractivity contribution is 0.175. The molecule has 2 N–H and O–H groups in total. The fraction of sp³-hybridized carbons (Fsp3) is 0.300. The van der Waals surface area contributed by atoms with E-state index in [9.17, 15) is 14.0 Å². The number of hydrogen-bond donors (Lipinski definition) is 2. The third-order valence-electron chi connectivity index (χ3n) is 4.97. The summed E-state index contributed by atoms with van der Waals surface area (Å²) < 4.78 is 18.2. The number of benzene rings is 2. The van der Waals surface area contributed by atoms with E-state index in [0.29, 0.717) is 13.1 Å². The smallest absolute Gasteiger partial charge is 0.407 e. The Morgan fingerprint density at radius 2 is 2.00 bits per heavy atom. The molecule has 0 aromatic heterocycles. The van der Waals surface area contributed by atoms with Gasteiger partial charge < -0.3 is 20.3 Å². The summed E-state index contributed by atoms with van der Waals surface area (Å²) in [5, 5.41) is 5.52. The van der Waals surface area contributed by atoms with E-state index in [1.165, 1.54) is 17.7 Å². The summed E-state index contributed by atoms with van der Waals surface area (Å²) in [4.78, 5) is 25.8. The molecule has 3 amide bonds. The lowest BCUT2D eigenvalue weighted by Crippen LogP contribution is -2.49. The lowest BCUT2D eigenvalue weighted by atomic mass is 9.88. The number of nitrogens with one attached hydrogen (secondary N) is 2. The van der Waals surface area contributed by atoms with Crippen molar-refractivity contribution in [3.05, 3.63) is 71.0 Å². The highest BCUT2D eigenvalue weighted by Crippen LogP contribution is 2.35. The van der Waals surface area contributed by atoms with E-state index in [2.05, 4.69) is 16.7 Å². The zero-order valence-electron chi connectivity index (χ0n) is 14.7. The summed E-state index contributed by atoms with van der Waals surface area (Å²) in [6, 6.07) is 13.5. The van der Waals surface area contributed by atoms with Gasteiger partial charge in [0.15, 0.2) is 0 Å². The molecule has 1 fully saturated rings. The fourth-order valence-corrected chi connectivity index (χ4v) is 3.64. The summed E-state index contributed by atoms with van der Waals surface area (Å²) in [6.07, 6.45) is 0.287. The molecule has 0 aliphatic carbocycles. The Morgan fingerprint density at radius 1 is 1.22 bits per heavy atom. The largest absolute Gasteiger partial charge is 0.447 e. The normalized spacial score (nSPS) is 21.2. The minimum atomic E-state index is -0.467. The molecule has 4 rings (SSSR count). The number of ether oxygens (including phenoxy) is 1. The maximum atomic E-state index is 13.4. The SMILES string of the molecule is O=C1N[C@H](CNC(=O)N2CCc3ccccc3[C@@H]2c2ccc(F)cc2)CO1. The molecule has 0 radical (unpaired) electrons. The number of amides is 3. The molecule has 2 aliphatic rings. The molecule has 6 nitrogen and oxygen atoms in total. The molecule has 7 heteroatoms. The highest BCUT2D eigenvalue weighted by molar-refractivity contribution is 5.76. The minimum Gasteiger partial charge on any atom is -0.447 e. The van der Waals surface area contributed by atoms with Crippen LogP contribution >= 0.6 is 0 Å². The van der Waals surface area contributed by atoms with Crippen molar-refractivity contribution in [1.82, 2.24) is 15.5 Å². The predicted octanol–water partition coefficient (Wildman–Crippen LogP) is 2.59. The molecule has 2 aliphatic heterocycles. The number of carbonyl (C=O) groups is 2. The van der Waals surface area contributed by atoms with Crippen molar-refractivity contribution in [3.63, 3.8) is 0 Å². The zero-order chi connectivity index (χ0) is 18.8.